The Balaban J connectivity index is 3.45. The van der Waals surface area contributed by atoms with Crippen molar-refractivity contribution in [2.75, 3.05) is 13.2 Å². The summed E-state index contributed by atoms with van der Waals surface area (Å²) in [6.07, 6.45) is 0. The SMILES string of the molecule is CCOC(O[SiH3])(OCC)c1cc(F)c(F)c(F)c1F. The highest BCUT2D eigenvalue weighted by Gasteiger charge is 2.39. The van der Waals surface area contributed by atoms with E-state index in [0.717, 1.165) is 0 Å². The molecule has 1 aromatic rings. The smallest absolute Gasteiger partial charge is 0.304 e. The fourth-order valence-corrected chi connectivity index (χ4v) is 2.06. The fraction of sp³-hybridized carbons (Fsp3) is 0.455. The lowest BCUT2D eigenvalue weighted by molar-refractivity contribution is -0.354. The maximum Gasteiger partial charge on any atom is 0.304 e. The van der Waals surface area contributed by atoms with Crippen LogP contribution in [0.4, 0.5) is 17.6 Å². The lowest BCUT2D eigenvalue weighted by Crippen LogP contribution is -2.37. The van der Waals surface area contributed by atoms with Crippen molar-refractivity contribution in [2.24, 2.45) is 0 Å². The van der Waals surface area contributed by atoms with E-state index in [4.69, 9.17) is 13.9 Å². The quantitative estimate of drug-likeness (QED) is 0.263. The van der Waals surface area contributed by atoms with Crippen molar-refractivity contribution >= 4 is 10.5 Å². The minimum absolute atomic E-state index is 0.0439. The molecule has 0 N–H and O–H groups in total. The van der Waals surface area contributed by atoms with E-state index in [-0.39, 0.29) is 23.7 Å². The van der Waals surface area contributed by atoms with Gasteiger partial charge in [-0.2, -0.15) is 0 Å². The Bertz CT molecular complexity index is 450. The second-order valence-corrected chi connectivity index (χ2v) is 3.88. The number of ether oxygens (including phenoxy) is 2. The van der Waals surface area contributed by atoms with E-state index in [1.807, 2.05) is 0 Å². The summed E-state index contributed by atoms with van der Waals surface area (Å²) in [5.41, 5.74) is -0.664. The standard InChI is InChI=1S/C11H14F4O3Si/c1-3-16-11(18-19,17-4-2)6-5-7(12)9(14)10(15)8(6)13/h5H,3-4H2,1-2,19H3. The molecule has 0 fully saturated rings. The first kappa shape index (κ1) is 16.1. The maximum atomic E-state index is 13.8. The zero-order chi connectivity index (χ0) is 14.6. The van der Waals surface area contributed by atoms with Gasteiger partial charge in [-0.05, 0) is 19.9 Å². The van der Waals surface area contributed by atoms with Gasteiger partial charge in [0.1, 0.15) is 0 Å². The van der Waals surface area contributed by atoms with E-state index in [1.54, 1.807) is 13.8 Å². The second-order valence-electron chi connectivity index (χ2n) is 3.47. The highest BCUT2D eigenvalue weighted by atomic mass is 28.2. The predicted molar refractivity (Wildman–Crippen MR) is 62.2 cm³/mol. The van der Waals surface area contributed by atoms with Crippen LogP contribution in [0.3, 0.4) is 0 Å². The summed E-state index contributed by atoms with van der Waals surface area (Å²) < 4.78 is 68.5. The third-order valence-corrected chi connectivity index (χ3v) is 2.91. The Labute approximate surface area is 111 Å². The fourth-order valence-electron chi connectivity index (χ4n) is 1.60. The summed E-state index contributed by atoms with van der Waals surface area (Å²) >= 11 is 0. The molecule has 0 amide bonds. The van der Waals surface area contributed by atoms with Crippen molar-refractivity contribution in [3.8, 4) is 0 Å². The number of rotatable bonds is 6. The second kappa shape index (κ2) is 6.46. The van der Waals surface area contributed by atoms with Crippen LogP contribution >= 0.6 is 0 Å². The van der Waals surface area contributed by atoms with Crippen molar-refractivity contribution in [3.05, 3.63) is 34.9 Å². The number of halogens is 4. The Morgan fingerprint density at radius 1 is 1.00 bits per heavy atom. The maximum absolute atomic E-state index is 13.8. The molecular weight excluding hydrogens is 284 g/mol. The molecule has 0 saturated heterocycles. The van der Waals surface area contributed by atoms with Crippen LogP contribution in [0.1, 0.15) is 19.4 Å². The Morgan fingerprint density at radius 2 is 1.53 bits per heavy atom. The third kappa shape index (κ3) is 2.97. The van der Waals surface area contributed by atoms with Crippen LogP contribution in [0.15, 0.2) is 6.07 Å². The van der Waals surface area contributed by atoms with Gasteiger partial charge in [0.15, 0.2) is 33.8 Å². The monoisotopic (exact) mass is 298 g/mol. The van der Waals surface area contributed by atoms with Gasteiger partial charge in [0, 0.05) is 13.2 Å². The van der Waals surface area contributed by atoms with Gasteiger partial charge in [0.25, 0.3) is 0 Å². The molecule has 1 rings (SSSR count). The summed E-state index contributed by atoms with van der Waals surface area (Å²) in [6, 6.07) is 0.469. The van der Waals surface area contributed by atoms with Crippen LogP contribution in [0, 0.1) is 23.3 Å². The van der Waals surface area contributed by atoms with Crippen LogP contribution < -0.4 is 0 Å². The van der Waals surface area contributed by atoms with E-state index in [1.165, 1.54) is 0 Å². The van der Waals surface area contributed by atoms with Crippen LogP contribution in [-0.4, -0.2) is 23.7 Å². The summed E-state index contributed by atoms with van der Waals surface area (Å²) in [6.45, 7) is 3.23. The van der Waals surface area contributed by atoms with E-state index < -0.39 is 34.8 Å². The van der Waals surface area contributed by atoms with Gasteiger partial charge >= 0.3 is 5.97 Å². The largest absolute Gasteiger partial charge is 0.376 e. The van der Waals surface area contributed by atoms with Crippen molar-refractivity contribution < 1.29 is 31.5 Å². The van der Waals surface area contributed by atoms with Gasteiger partial charge in [0.05, 0.1) is 5.56 Å². The van der Waals surface area contributed by atoms with Gasteiger partial charge in [-0.3, -0.25) is 0 Å². The van der Waals surface area contributed by atoms with Crippen LogP contribution in [0.25, 0.3) is 0 Å². The number of benzene rings is 1. The van der Waals surface area contributed by atoms with Gasteiger partial charge in [0.2, 0.25) is 0 Å². The average molecular weight is 298 g/mol. The average Bonchev–Trinajstić information content (AvgIpc) is 2.40. The van der Waals surface area contributed by atoms with E-state index >= 15 is 0 Å². The van der Waals surface area contributed by atoms with Crippen LogP contribution in [0.5, 0.6) is 0 Å². The van der Waals surface area contributed by atoms with Crippen molar-refractivity contribution in [1.82, 2.24) is 0 Å². The molecule has 0 aliphatic carbocycles. The zero-order valence-electron chi connectivity index (χ0n) is 10.7. The molecule has 19 heavy (non-hydrogen) atoms. The number of hydrogen-bond acceptors (Lipinski definition) is 3. The first-order valence-corrected chi connectivity index (χ1v) is 6.41. The Morgan fingerprint density at radius 3 is 1.95 bits per heavy atom. The molecule has 0 radical (unpaired) electrons. The normalized spacial score (nSPS) is 12.1. The lowest BCUT2D eigenvalue weighted by atomic mass is 10.1. The molecule has 1 aromatic carbocycles. The molecule has 0 heterocycles. The minimum atomic E-state index is -2.06. The lowest BCUT2D eigenvalue weighted by Gasteiger charge is -2.32. The van der Waals surface area contributed by atoms with E-state index in [0.29, 0.717) is 6.07 Å². The van der Waals surface area contributed by atoms with Crippen LogP contribution in [0.2, 0.25) is 0 Å². The molecule has 0 unspecified atom stereocenters. The molecule has 0 aliphatic rings. The molecule has 0 atom stereocenters. The predicted octanol–water partition coefficient (Wildman–Crippen LogP) is 1.72. The third-order valence-electron chi connectivity index (χ3n) is 2.37. The zero-order valence-corrected chi connectivity index (χ0v) is 12.7. The van der Waals surface area contributed by atoms with Gasteiger partial charge in [-0.1, -0.05) is 0 Å². The van der Waals surface area contributed by atoms with Crippen molar-refractivity contribution in [1.29, 1.82) is 0 Å². The molecule has 0 bridgehead atoms. The molecule has 8 heteroatoms. The first-order chi connectivity index (χ1) is 8.93. The summed E-state index contributed by atoms with van der Waals surface area (Å²) in [5, 5.41) is 0. The molecule has 0 saturated carbocycles. The van der Waals surface area contributed by atoms with Crippen molar-refractivity contribution in [3.63, 3.8) is 0 Å². The molecule has 0 aliphatic heterocycles. The topological polar surface area (TPSA) is 27.7 Å². The van der Waals surface area contributed by atoms with Crippen LogP contribution in [-0.2, 0) is 19.9 Å². The molecule has 3 nitrogen and oxygen atoms in total. The summed E-state index contributed by atoms with van der Waals surface area (Å²) in [5.74, 6) is -9.03. The van der Waals surface area contributed by atoms with E-state index in [9.17, 15) is 17.6 Å². The van der Waals surface area contributed by atoms with Gasteiger partial charge in [-0.15, -0.1) is 0 Å². The Hall–Kier alpha value is -0.963. The molecule has 108 valence electrons. The highest BCUT2D eigenvalue weighted by molar-refractivity contribution is 5.98. The molecular formula is C11H14F4O3Si. The van der Waals surface area contributed by atoms with Crippen molar-refractivity contribution in [2.45, 2.75) is 19.8 Å². The first-order valence-electron chi connectivity index (χ1n) is 5.60. The molecule has 0 aromatic heterocycles. The summed E-state index contributed by atoms with van der Waals surface area (Å²) in [4.78, 5) is 0. The summed E-state index contributed by atoms with van der Waals surface area (Å²) in [7, 11) is 0.0459. The van der Waals surface area contributed by atoms with E-state index in [2.05, 4.69) is 0 Å². The highest BCUT2D eigenvalue weighted by Crippen LogP contribution is 2.33. The minimum Gasteiger partial charge on any atom is -0.376 e. The Kier molecular flexibility index (Phi) is 5.47. The van der Waals surface area contributed by atoms with Gasteiger partial charge in [-0.25, -0.2) is 17.6 Å². The van der Waals surface area contributed by atoms with Gasteiger partial charge < -0.3 is 13.9 Å². The molecule has 0 spiro atoms. The number of hydrogen-bond donors (Lipinski definition) is 0.